The number of hydrogen-bond acceptors (Lipinski definition) is 3. The van der Waals surface area contributed by atoms with Crippen LogP contribution in [0.5, 0.6) is 5.75 Å². The molecule has 1 aliphatic heterocycles. The number of halogens is 2. The molecule has 6 heteroatoms. The molecular weight excluding hydrogens is 338 g/mol. The van der Waals surface area contributed by atoms with Gasteiger partial charge >= 0.3 is 0 Å². The van der Waals surface area contributed by atoms with Crippen LogP contribution in [0.15, 0.2) is 47.6 Å². The average Bonchev–Trinajstić information content (AvgIpc) is 2.65. The summed E-state index contributed by atoms with van der Waals surface area (Å²) in [5.41, 5.74) is 2.20. The number of amides is 1. The van der Waals surface area contributed by atoms with Gasteiger partial charge < -0.3 is 10.1 Å². The van der Waals surface area contributed by atoms with Crippen molar-refractivity contribution in [3.05, 3.63) is 65.4 Å². The molecule has 0 aromatic heterocycles. The van der Waals surface area contributed by atoms with Gasteiger partial charge in [0.15, 0.2) is 0 Å². The lowest BCUT2D eigenvalue weighted by atomic mass is 9.99. The summed E-state index contributed by atoms with van der Waals surface area (Å²) in [6.07, 6.45) is 4.98. The Kier molecular flexibility index (Phi) is 5.41. The van der Waals surface area contributed by atoms with Crippen LogP contribution in [0, 0.1) is 11.6 Å². The summed E-state index contributed by atoms with van der Waals surface area (Å²) in [6.45, 7) is 0. The van der Waals surface area contributed by atoms with Gasteiger partial charge in [-0.05, 0) is 42.7 Å². The van der Waals surface area contributed by atoms with Crippen LogP contribution >= 0.6 is 0 Å². The average molecular weight is 356 g/mol. The zero-order chi connectivity index (χ0) is 18.5. The van der Waals surface area contributed by atoms with Crippen molar-refractivity contribution < 1.29 is 18.3 Å². The predicted octanol–water partition coefficient (Wildman–Crippen LogP) is 4.36. The van der Waals surface area contributed by atoms with Gasteiger partial charge in [-0.3, -0.25) is 9.79 Å². The van der Waals surface area contributed by atoms with E-state index in [0.717, 1.165) is 36.1 Å². The first-order valence-electron chi connectivity index (χ1n) is 8.20. The number of anilines is 1. The summed E-state index contributed by atoms with van der Waals surface area (Å²) in [5, 5.41) is 2.65. The Morgan fingerprint density at radius 1 is 1.23 bits per heavy atom. The number of benzene rings is 2. The maximum absolute atomic E-state index is 13.7. The Hall–Kier alpha value is -3.02. The minimum atomic E-state index is -0.738. The highest BCUT2D eigenvalue weighted by molar-refractivity contribution is 5.93. The molecular formula is C20H18F2N2O2. The normalized spacial score (nSPS) is 13.3. The summed E-state index contributed by atoms with van der Waals surface area (Å²) < 4.78 is 32.8. The quantitative estimate of drug-likeness (QED) is 0.865. The van der Waals surface area contributed by atoms with Gasteiger partial charge in [-0.2, -0.15) is 0 Å². The van der Waals surface area contributed by atoms with Gasteiger partial charge in [0.2, 0.25) is 5.91 Å². The van der Waals surface area contributed by atoms with E-state index in [1.807, 2.05) is 12.3 Å². The zero-order valence-electron chi connectivity index (χ0n) is 14.3. The monoisotopic (exact) mass is 356 g/mol. The van der Waals surface area contributed by atoms with Gasteiger partial charge in [0.1, 0.15) is 17.4 Å². The van der Waals surface area contributed by atoms with Crippen LogP contribution in [-0.4, -0.2) is 19.2 Å². The van der Waals surface area contributed by atoms with Gasteiger partial charge in [-0.25, -0.2) is 8.78 Å². The Morgan fingerprint density at radius 3 is 2.65 bits per heavy atom. The lowest BCUT2D eigenvalue weighted by molar-refractivity contribution is -0.115. The first kappa shape index (κ1) is 17.8. The van der Waals surface area contributed by atoms with Gasteiger partial charge in [0, 0.05) is 35.3 Å². The molecule has 2 aromatic carbocycles. The van der Waals surface area contributed by atoms with E-state index in [2.05, 4.69) is 10.3 Å². The van der Waals surface area contributed by atoms with Crippen molar-refractivity contribution in [2.45, 2.75) is 19.3 Å². The highest BCUT2D eigenvalue weighted by atomic mass is 19.1. The molecule has 0 radical (unpaired) electrons. The molecule has 0 spiro atoms. The zero-order valence-corrected chi connectivity index (χ0v) is 14.3. The SMILES string of the molecule is COc1cc(NC(=O)Cc2c(F)cccc2F)ccc1C1=CN=CCC1. The lowest BCUT2D eigenvalue weighted by Gasteiger charge is -2.15. The smallest absolute Gasteiger partial charge is 0.229 e. The molecule has 26 heavy (non-hydrogen) atoms. The summed E-state index contributed by atoms with van der Waals surface area (Å²) in [4.78, 5) is 16.3. The van der Waals surface area contributed by atoms with E-state index in [-0.39, 0.29) is 12.0 Å². The third-order valence-corrected chi connectivity index (χ3v) is 4.11. The minimum absolute atomic E-state index is 0.251. The number of methoxy groups -OCH3 is 1. The third kappa shape index (κ3) is 3.96. The highest BCUT2D eigenvalue weighted by Gasteiger charge is 2.15. The molecule has 1 N–H and O–H groups in total. The maximum Gasteiger partial charge on any atom is 0.229 e. The number of allylic oxidation sites excluding steroid dienone is 1. The fourth-order valence-electron chi connectivity index (χ4n) is 2.81. The van der Waals surface area contributed by atoms with Crippen LogP contribution in [0.3, 0.4) is 0 Å². The van der Waals surface area contributed by atoms with Crippen LogP contribution in [0.4, 0.5) is 14.5 Å². The molecule has 4 nitrogen and oxygen atoms in total. The fourth-order valence-corrected chi connectivity index (χ4v) is 2.81. The van der Waals surface area contributed by atoms with Gasteiger partial charge in [0.25, 0.3) is 0 Å². The van der Waals surface area contributed by atoms with E-state index in [4.69, 9.17) is 4.74 Å². The molecule has 1 heterocycles. The highest BCUT2D eigenvalue weighted by Crippen LogP contribution is 2.32. The largest absolute Gasteiger partial charge is 0.496 e. The molecule has 1 aliphatic rings. The molecule has 0 bridgehead atoms. The standard InChI is InChI=1S/C20H18F2N2O2/c1-26-19-10-14(7-8-15(19)13-4-3-9-23-12-13)24-20(25)11-16-17(21)5-2-6-18(16)22/h2,5-10,12H,3-4,11H2,1H3,(H,24,25). The van der Waals surface area contributed by atoms with E-state index in [1.54, 1.807) is 25.4 Å². The van der Waals surface area contributed by atoms with Crippen LogP contribution in [0.25, 0.3) is 5.57 Å². The van der Waals surface area contributed by atoms with E-state index in [1.165, 1.54) is 6.07 Å². The Balaban J connectivity index is 1.76. The predicted molar refractivity (Wildman–Crippen MR) is 97.4 cm³/mol. The maximum atomic E-state index is 13.7. The van der Waals surface area contributed by atoms with Crippen LogP contribution in [-0.2, 0) is 11.2 Å². The van der Waals surface area contributed by atoms with E-state index in [9.17, 15) is 13.6 Å². The van der Waals surface area contributed by atoms with Gasteiger partial charge in [0.05, 0.1) is 13.5 Å². The summed E-state index contributed by atoms with van der Waals surface area (Å²) in [6, 6.07) is 8.77. The Labute approximate surface area is 150 Å². The molecule has 0 fully saturated rings. The van der Waals surface area contributed by atoms with Gasteiger partial charge in [-0.1, -0.05) is 6.07 Å². The van der Waals surface area contributed by atoms with E-state index >= 15 is 0 Å². The number of rotatable bonds is 5. The van der Waals surface area contributed by atoms with E-state index in [0.29, 0.717) is 11.4 Å². The van der Waals surface area contributed by atoms with Crippen LogP contribution in [0.1, 0.15) is 24.0 Å². The molecule has 3 rings (SSSR count). The van der Waals surface area contributed by atoms with Gasteiger partial charge in [-0.15, -0.1) is 0 Å². The molecule has 0 saturated heterocycles. The van der Waals surface area contributed by atoms with Crippen LogP contribution < -0.4 is 10.1 Å². The number of nitrogens with one attached hydrogen (secondary N) is 1. The number of carbonyl (C=O) groups excluding carboxylic acids is 1. The third-order valence-electron chi connectivity index (χ3n) is 4.11. The second-order valence-corrected chi connectivity index (χ2v) is 5.86. The summed E-state index contributed by atoms with van der Waals surface area (Å²) in [5.74, 6) is -1.38. The first-order valence-corrected chi connectivity index (χ1v) is 8.20. The Morgan fingerprint density at radius 2 is 2.00 bits per heavy atom. The first-order chi connectivity index (χ1) is 12.6. The van der Waals surface area contributed by atoms with Crippen molar-refractivity contribution in [3.63, 3.8) is 0 Å². The second kappa shape index (κ2) is 7.91. The number of nitrogens with zero attached hydrogens (tertiary/aromatic N) is 1. The number of ether oxygens (including phenoxy) is 1. The minimum Gasteiger partial charge on any atom is -0.496 e. The fraction of sp³-hybridized carbons (Fsp3) is 0.200. The van der Waals surface area contributed by atoms with Crippen molar-refractivity contribution in [2.24, 2.45) is 4.99 Å². The molecule has 1 amide bonds. The van der Waals surface area contributed by atoms with Crippen molar-refractivity contribution in [3.8, 4) is 5.75 Å². The molecule has 2 aromatic rings. The van der Waals surface area contributed by atoms with Crippen molar-refractivity contribution in [1.29, 1.82) is 0 Å². The number of hydrogen-bond donors (Lipinski definition) is 1. The Bertz CT molecular complexity index is 871. The molecule has 0 aliphatic carbocycles. The van der Waals surface area contributed by atoms with Crippen LogP contribution in [0.2, 0.25) is 0 Å². The summed E-state index contributed by atoms with van der Waals surface area (Å²) >= 11 is 0. The molecule has 0 atom stereocenters. The molecule has 0 saturated carbocycles. The lowest BCUT2D eigenvalue weighted by Crippen LogP contribution is -2.16. The van der Waals surface area contributed by atoms with E-state index < -0.39 is 17.5 Å². The van der Waals surface area contributed by atoms with Crippen molar-refractivity contribution in [1.82, 2.24) is 0 Å². The molecule has 0 unspecified atom stereocenters. The van der Waals surface area contributed by atoms with Crippen molar-refractivity contribution >= 4 is 23.4 Å². The number of aliphatic imine (C=N–C) groups is 1. The number of carbonyl (C=O) groups is 1. The topological polar surface area (TPSA) is 50.7 Å². The van der Waals surface area contributed by atoms with Crippen molar-refractivity contribution in [2.75, 3.05) is 12.4 Å². The second-order valence-electron chi connectivity index (χ2n) is 5.86. The molecule has 134 valence electrons. The summed E-state index contributed by atoms with van der Waals surface area (Å²) in [7, 11) is 1.55.